The smallest absolute Gasteiger partial charge is 0.199 e. The first-order valence-corrected chi connectivity index (χ1v) is 6.09. The summed E-state index contributed by atoms with van der Waals surface area (Å²) in [5.74, 6) is -2.38. The van der Waals surface area contributed by atoms with E-state index in [0.717, 1.165) is 5.56 Å². The first kappa shape index (κ1) is 14.2. The van der Waals surface area contributed by atoms with Crippen LogP contribution in [0.2, 0.25) is 0 Å². The molecule has 0 atom stereocenters. The fourth-order valence-corrected chi connectivity index (χ4v) is 1.95. The molecule has 0 unspecified atom stereocenters. The van der Waals surface area contributed by atoms with Crippen LogP contribution in [-0.2, 0) is 0 Å². The van der Waals surface area contributed by atoms with Crippen molar-refractivity contribution in [3.8, 4) is 5.75 Å². The number of aryl methyl sites for hydroxylation is 2. The lowest BCUT2D eigenvalue weighted by Crippen LogP contribution is -2.08. The van der Waals surface area contributed by atoms with Gasteiger partial charge in [0.1, 0.15) is 5.75 Å². The Balaban J connectivity index is 2.55. The van der Waals surface area contributed by atoms with Crippen LogP contribution < -0.4 is 4.74 Å². The second-order valence-corrected chi connectivity index (χ2v) is 4.59. The molecule has 0 saturated heterocycles. The molecule has 2 aromatic carbocycles. The Labute approximate surface area is 116 Å². The highest BCUT2D eigenvalue weighted by Crippen LogP contribution is 2.25. The number of hydrogen-bond donors (Lipinski definition) is 0. The Hall–Kier alpha value is -2.23. The number of ether oxygens (including phenoxy) is 1. The molecule has 0 fully saturated rings. The van der Waals surface area contributed by atoms with Gasteiger partial charge in [-0.05, 0) is 43.2 Å². The molecule has 0 aliphatic carbocycles. The van der Waals surface area contributed by atoms with Crippen molar-refractivity contribution >= 4 is 5.78 Å². The third-order valence-electron chi connectivity index (χ3n) is 3.12. The standard InChI is InChI=1S/C16H14F2O2/c1-9-4-6-11(13(8-9)20-3)16(19)12-7-5-10(2)14(17)15(12)18/h4-8H,1-3H3. The first-order valence-electron chi connectivity index (χ1n) is 6.09. The largest absolute Gasteiger partial charge is 0.496 e. The highest BCUT2D eigenvalue weighted by Gasteiger charge is 2.21. The molecule has 0 amide bonds. The van der Waals surface area contributed by atoms with Crippen molar-refractivity contribution in [3.63, 3.8) is 0 Å². The molecule has 0 bridgehead atoms. The monoisotopic (exact) mass is 276 g/mol. The van der Waals surface area contributed by atoms with Gasteiger partial charge in [0.05, 0.1) is 18.2 Å². The van der Waals surface area contributed by atoms with E-state index in [1.54, 1.807) is 18.2 Å². The van der Waals surface area contributed by atoms with Crippen LogP contribution in [0, 0.1) is 25.5 Å². The highest BCUT2D eigenvalue weighted by atomic mass is 19.2. The molecular formula is C16H14F2O2. The number of hydrogen-bond acceptors (Lipinski definition) is 2. The molecule has 0 N–H and O–H groups in total. The quantitative estimate of drug-likeness (QED) is 0.797. The third-order valence-corrected chi connectivity index (χ3v) is 3.12. The van der Waals surface area contributed by atoms with Crippen molar-refractivity contribution in [1.82, 2.24) is 0 Å². The van der Waals surface area contributed by atoms with Gasteiger partial charge in [0.15, 0.2) is 17.4 Å². The Morgan fingerprint density at radius 3 is 2.30 bits per heavy atom. The summed E-state index contributed by atoms with van der Waals surface area (Å²) in [5.41, 5.74) is 0.986. The van der Waals surface area contributed by atoms with Crippen LogP contribution >= 0.6 is 0 Å². The molecule has 0 saturated carbocycles. The van der Waals surface area contributed by atoms with E-state index in [4.69, 9.17) is 4.74 Å². The van der Waals surface area contributed by atoms with E-state index in [1.165, 1.54) is 26.2 Å². The molecule has 2 nitrogen and oxygen atoms in total. The number of halogens is 2. The van der Waals surface area contributed by atoms with Gasteiger partial charge < -0.3 is 4.74 Å². The van der Waals surface area contributed by atoms with Crippen molar-refractivity contribution in [2.24, 2.45) is 0 Å². The van der Waals surface area contributed by atoms with Crippen molar-refractivity contribution in [3.05, 3.63) is 64.2 Å². The SMILES string of the molecule is COc1cc(C)ccc1C(=O)c1ccc(C)c(F)c1F. The van der Waals surface area contributed by atoms with Gasteiger partial charge in [-0.1, -0.05) is 12.1 Å². The fourth-order valence-electron chi connectivity index (χ4n) is 1.95. The normalized spacial score (nSPS) is 10.4. The van der Waals surface area contributed by atoms with E-state index in [9.17, 15) is 13.6 Å². The predicted octanol–water partition coefficient (Wildman–Crippen LogP) is 3.82. The first-order chi connectivity index (χ1) is 9.45. The summed E-state index contributed by atoms with van der Waals surface area (Å²) in [4.78, 5) is 12.3. The molecule has 0 spiro atoms. The number of ketones is 1. The lowest BCUT2D eigenvalue weighted by Gasteiger charge is -2.10. The number of methoxy groups -OCH3 is 1. The number of carbonyl (C=O) groups is 1. The maximum Gasteiger partial charge on any atom is 0.199 e. The van der Waals surface area contributed by atoms with Gasteiger partial charge in [-0.3, -0.25) is 4.79 Å². The molecule has 0 radical (unpaired) electrons. The Morgan fingerprint density at radius 1 is 1.00 bits per heavy atom. The van der Waals surface area contributed by atoms with Gasteiger partial charge in [-0.2, -0.15) is 0 Å². The van der Waals surface area contributed by atoms with Crippen molar-refractivity contribution in [1.29, 1.82) is 0 Å². The van der Waals surface area contributed by atoms with E-state index in [2.05, 4.69) is 0 Å². The topological polar surface area (TPSA) is 26.3 Å². The van der Waals surface area contributed by atoms with Crippen LogP contribution in [0.5, 0.6) is 5.75 Å². The maximum absolute atomic E-state index is 13.9. The van der Waals surface area contributed by atoms with Gasteiger partial charge in [0.2, 0.25) is 0 Å². The summed E-state index contributed by atoms with van der Waals surface area (Å²) in [6, 6.07) is 7.61. The van der Waals surface area contributed by atoms with Crippen LogP contribution in [0.25, 0.3) is 0 Å². The van der Waals surface area contributed by atoms with Gasteiger partial charge in [0.25, 0.3) is 0 Å². The van der Waals surface area contributed by atoms with Crippen LogP contribution in [0.3, 0.4) is 0 Å². The molecule has 104 valence electrons. The average molecular weight is 276 g/mol. The summed E-state index contributed by atoms with van der Waals surface area (Å²) >= 11 is 0. The Morgan fingerprint density at radius 2 is 1.65 bits per heavy atom. The Kier molecular flexibility index (Phi) is 3.84. The van der Waals surface area contributed by atoms with Crippen LogP contribution in [0.4, 0.5) is 8.78 Å². The number of benzene rings is 2. The highest BCUT2D eigenvalue weighted by molar-refractivity contribution is 6.11. The van der Waals surface area contributed by atoms with Crippen LogP contribution in [0.15, 0.2) is 30.3 Å². The Bertz CT molecular complexity index is 678. The molecule has 0 aliphatic rings. The predicted molar refractivity (Wildman–Crippen MR) is 72.3 cm³/mol. The average Bonchev–Trinajstić information content (AvgIpc) is 2.44. The summed E-state index contributed by atoms with van der Waals surface area (Å²) in [5, 5.41) is 0. The second kappa shape index (κ2) is 5.41. The number of rotatable bonds is 3. The molecule has 20 heavy (non-hydrogen) atoms. The maximum atomic E-state index is 13.9. The van der Waals surface area contributed by atoms with E-state index >= 15 is 0 Å². The number of carbonyl (C=O) groups excluding carboxylic acids is 1. The van der Waals surface area contributed by atoms with Crippen LogP contribution in [-0.4, -0.2) is 12.9 Å². The lowest BCUT2D eigenvalue weighted by molar-refractivity contribution is 0.103. The fraction of sp³-hybridized carbons (Fsp3) is 0.188. The van der Waals surface area contributed by atoms with Crippen molar-refractivity contribution in [2.45, 2.75) is 13.8 Å². The zero-order valence-electron chi connectivity index (χ0n) is 11.5. The van der Waals surface area contributed by atoms with Gasteiger partial charge >= 0.3 is 0 Å². The van der Waals surface area contributed by atoms with E-state index in [0.29, 0.717) is 5.75 Å². The zero-order valence-corrected chi connectivity index (χ0v) is 11.5. The van der Waals surface area contributed by atoms with E-state index in [-0.39, 0.29) is 16.7 Å². The lowest BCUT2D eigenvalue weighted by atomic mass is 9.99. The minimum atomic E-state index is -1.13. The molecule has 2 aromatic rings. The molecule has 0 heterocycles. The summed E-state index contributed by atoms with van der Waals surface area (Å²) in [6.45, 7) is 3.29. The molecule has 0 aliphatic heterocycles. The third kappa shape index (κ3) is 2.41. The minimum absolute atomic E-state index is 0.162. The second-order valence-electron chi connectivity index (χ2n) is 4.59. The molecule has 0 aromatic heterocycles. The summed E-state index contributed by atoms with van der Waals surface area (Å²) < 4.78 is 32.6. The molecule has 4 heteroatoms. The van der Waals surface area contributed by atoms with Crippen molar-refractivity contribution in [2.75, 3.05) is 7.11 Å². The summed E-state index contributed by atoms with van der Waals surface area (Å²) in [6.07, 6.45) is 0. The van der Waals surface area contributed by atoms with Gasteiger partial charge in [-0.15, -0.1) is 0 Å². The van der Waals surface area contributed by atoms with Crippen LogP contribution in [0.1, 0.15) is 27.0 Å². The zero-order chi connectivity index (χ0) is 14.9. The van der Waals surface area contributed by atoms with E-state index < -0.39 is 17.4 Å². The van der Waals surface area contributed by atoms with Gasteiger partial charge in [0, 0.05) is 0 Å². The van der Waals surface area contributed by atoms with E-state index in [1.807, 2.05) is 6.92 Å². The van der Waals surface area contributed by atoms with Crippen molar-refractivity contribution < 1.29 is 18.3 Å². The minimum Gasteiger partial charge on any atom is -0.496 e. The van der Waals surface area contributed by atoms with Gasteiger partial charge in [-0.25, -0.2) is 8.78 Å². The molecule has 2 rings (SSSR count). The molecular weight excluding hydrogens is 262 g/mol. The summed E-state index contributed by atoms with van der Waals surface area (Å²) in [7, 11) is 1.43.